The van der Waals surface area contributed by atoms with Gasteiger partial charge in [-0.15, -0.1) is 0 Å². The Morgan fingerprint density at radius 3 is 2.53 bits per heavy atom. The first-order valence-electron chi connectivity index (χ1n) is 5.04. The van der Waals surface area contributed by atoms with Gasteiger partial charge in [-0.2, -0.15) is 13.2 Å². The number of ether oxygens (including phenoxy) is 1. The smallest absolute Gasteiger partial charge is 0.392 e. The van der Waals surface area contributed by atoms with Crippen LogP contribution in [0.25, 0.3) is 0 Å². The van der Waals surface area contributed by atoms with Crippen LogP contribution in [-0.2, 0) is 0 Å². The highest BCUT2D eigenvalue weighted by molar-refractivity contribution is 5.36. The quantitative estimate of drug-likeness (QED) is 0.834. The van der Waals surface area contributed by atoms with Crippen LogP contribution in [0.1, 0.15) is 24.9 Å². The van der Waals surface area contributed by atoms with Gasteiger partial charge in [-0.05, 0) is 25.1 Å². The maximum atomic E-state index is 12.9. The molecule has 0 fully saturated rings. The minimum Gasteiger partial charge on any atom is -0.493 e. The van der Waals surface area contributed by atoms with Crippen LogP contribution in [0.5, 0.6) is 5.75 Å². The Labute approximate surface area is 96.4 Å². The van der Waals surface area contributed by atoms with Gasteiger partial charge < -0.3 is 10.5 Å². The van der Waals surface area contributed by atoms with Crippen molar-refractivity contribution in [1.82, 2.24) is 0 Å². The molecule has 0 aliphatic carbocycles. The largest absolute Gasteiger partial charge is 0.493 e. The summed E-state index contributed by atoms with van der Waals surface area (Å²) in [5, 5.41) is 0. The van der Waals surface area contributed by atoms with Gasteiger partial charge >= 0.3 is 6.18 Å². The van der Waals surface area contributed by atoms with Crippen molar-refractivity contribution in [2.75, 3.05) is 6.61 Å². The standard InChI is InChI=1S/C11H13F4NO/c1-7(16)9-6-8(12)2-3-10(9)17-5-4-11(13,14)15/h2-3,6-7H,4-5,16H2,1H3/t7-/m1/s1. The molecule has 2 N–H and O–H groups in total. The second-order valence-corrected chi connectivity index (χ2v) is 3.68. The van der Waals surface area contributed by atoms with E-state index in [1.54, 1.807) is 6.92 Å². The molecule has 0 spiro atoms. The summed E-state index contributed by atoms with van der Waals surface area (Å²) in [4.78, 5) is 0. The van der Waals surface area contributed by atoms with Gasteiger partial charge in [0.05, 0.1) is 13.0 Å². The van der Waals surface area contributed by atoms with E-state index in [9.17, 15) is 17.6 Å². The summed E-state index contributed by atoms with van der Waals surface area (Å²) < 4.78 is 53.6. The first kappa shape index (κ1) is 13.8. The third-order valence-electron chi connectivity index (χ3n) is 2.11. The topological polar surface area (TPSA) is 35.2 Å². The Hall–Kier alpha value is -1.30. The Bertz CT molecular complexity index is 376. The van der Waals surface area contributed by atoms with Gasteiger partial charge in [0, 0.05) is 11.6 Å². The average molecular weight is 251 g/mol. The fraction of sp³-hybridized carbons (Fsp3) is 0.455. The van der Waals surface area contributed by atoms with Crippen molar-refractivity contribution in [3.05, 3.63) is 29.6 Å². The Kier molecular flexibility index (Phi) is 4.34. The molecule has 0 bridgehead atoms. The molecule has 0 aliphatic heterocycles. The zero-order chi connectivity index (χ0) is 13.1. The molecule has 0 aromatic heterocycles. The van der Waals surface area contributed by atoms with E-state index in [0.29, 0.717) is 5.56 Å². The minimum absolute atomic E-state index is 0.186. The zero-order valence-electron chi connectivity index (χ0n) is 9.22. The zero-order valence-corrected chi connectivity index (χ0v) is 9.22. The van der Waals surface area contributed by atoms with E-state index in [4.69, 9.17) is 10.5 Å². The van der Waals surface area contributed by atoms with E-state index >= 15 is 0 Å². The van der Waals surface area contributed by atoms with E-state index in [0.717, 1.165) is 12.1 Å². The lowest BCUT2D eigenvalue weighted by Crippen LogP contribution is -2.14. The van der Waals surface area contributed by atoms with E-state index in [1.807, 2.05) is 0 Å². The van der Waals surface area contributed by atoms with Gasteiger partial charge in [-0.3, -0.25) is 0 Å². The molecule has 0 aliphatic rings. The van der Waals surface area contributed by atoms with Crippen LogP contribution in [0, 0.1) is 5.82 Å². The van der Waals surface area contributed by atoms with Crippen molar-refractivity contribution in [2.24, 2.45) is 5.73 Å². The van der Waals surface area contributed by atoms with Crippen LogP contribution in [-0.4, -0.2) is 12.8 Å². The van der Waals surface area contributed by atoms with Crippen LogP contribution >= 0.6 is 0 Å². The fourth-order valence-electron chi connectivity index (χ4n) is 1.28. The third kappa shape index (κ3) is 4.60. The number of nitrogens with two attached hydrogens (primary N) is 1. The summed E-state index contributed by atoms with van der Waals surface area (Å²) in [6.45, 7) is 1.10. The van der Waals surface area contributed by atoms with E-state index < -0.39 is 31.1 Å². The third-order valence-corrected chi connectivity index (χ3v) is 2.11. The van der Waals surface area contributed by atoms with Gasteiger partial charge in [0.15, 0.2) is 0 Å². The molecule has 1 rings (SSSR count). The molecule has 1 aromatic carbocycles. The van der Waals surface area contributed by atoms with Gasteiger partial charge in [-0.25, -0.2) is 4.39 Å². The number of alkyl halides is 3. The second-order valence-electron chi connectivity index (χ2n) is 3.68. The van der Waals surface area contributed by atoms with E-state index in [1.165, 1.54) is 6.07 Å². The lowest BCUT2D eigenvalue weighted by Gasteiger charge is -2.14. The van der Waals surface area contributed by atoms with Gasteiger partial charge in [0.1, 0.15) is 11.6 Å². The van der Waals surface area contributed by atoms with Crippen molar-refractivity contribution in [3.8, 4) is 5.75 Å². The molecule has 0 unspecified atom stereocenters. The highest BCUT2D eigenvalue weighted by Crippen LogP contribution is 2.26. The summed E-state index contributed by atoms with van der Waals surface area (Å²) in [7, 11) is 0. The number of rotatable bonds is 4. The fourth-order valence-corrected chi connectivity index (χ4v) is 1.28. The molecule has 96 valence electrons. The predicted octanol–water partition coefficient (Wildman–Crippen LogP) is 3.18. The van der Waals surface area contributed by atoms with Crippen LogP contribution in [0.3, 0.4) is 0 Å². The average Bonchev–Trinajstić information content (AvgIpc) is 2.18. The normalized spacial score (nSPS) is 13.5. The van der Waals surface area contributed by atoms with E-state index in [2.05, 4.69) is 0 Å². The number of halogens is 4. The lowest BCUT2D eigenvalue weighted by atomic mass is 10.1. The van der Waals surface area contributed by atoms with Crippen molar-refractivity contribution >= 4 is 0 Å². The molecule has 17 heavy (non-hydrogen) atoms. The first-order chi connectivity index (χ1) is 7.79. The van der Waals surface area contributed by atoms with Crippen molar-refractivity contribution < 1.29 is 22.3 Å². The molecule has 0 saturated carbocycles. The maximum absolute atomic E-state index is 12.9. The van der Waals surface area contributed by atoms with Crippen LogP contribution < -0.4 is 10.5 Å². The van der Waals surface area contributed by atoms with Crippen LogP contribution in [0.15, 0.2) is 18.2 Å². The van der Waals surface area contributed by atoms with E-state index in [-0.39, 0.29) is 5.75 Å². The monoisotopic (exact) mass is 251 g/mol. The molecular weight excluding hydrogens is 238 g/mol. The van der Waals surface area contributed by atoms with Crippen molar-refractivity contribution in [2.45, 2.75) is 25.6 Å². The summed E-state index contributed by atoms with van der Waals surface area (Å²) >= 11 is 0. The molecule has 1 aromatic rings. The SMILES string of the molecule is C[C@@H](N)c1cc(F)ccc1OCCC(F)(F)F. The summed E-state index contributed by atoms with van der Waals surface area (Å²) in [5.74, 6) is -0.314. The van der Waals surface area contributed by atoms with Gasteiger partial charge in [0.25, 0.3) is 0 Å². The van der Waals surface area contributed by atoms with Crippen LogP contribution in [0.4, 0.5) is 17.6 Å². The molecule has 0 amide bonds. The van der Waals surface area contributed by atoms with Crippen molar-refractivity contribution in [1.29, 1.82) is 0 Å². The van der Waals surface area contributed by atoms with Crippen LogP contribution in [0.2, 0.25) is 0 Å². The molecule has 2 nitrogen and oxygen atoms in total. The Morgan fingerprint density at radius 2 is 2.00 bits per heavy atom. The Balaban J connectivity index is 2.70. The van der Waals surface area contributed by atoms with Crippen molar-refractivity contribution in [3.63, 3.8) is 0 Å². The molecule has 0 saturated heterocycles. The molecule has 6 heteroatoms. The summed E-state index contributed by atoms with van der Waals surface area (Å²) in [5.41, 5.74) is 5.93. The minimum atomic E-state index is -4.27. The lowest BCUT2D eigenvalue weighted by molar-refractivity contribution is -0.139. The molecular formula is C11H13F4NO. The maximum Gasteiger partial charge on any atom is 0.392 e. The molecule has 0 heterocycles. The number of hydrogen-bond acceptors (Lipinski definition) is 2. The second kappa shape index (κ2) is 5.35. The predicted molar refractivity (Wildman–Crippen MR) is 55.2 cm³/mol. The number of hydrogen-bond donors (Lipinski definition) is 1. The summed E-state index contributed by atoms with van der Waals surface area (Å²) in [6.07, 6.45) is -5.32. The Morgan fingerprint density at radius 1 is 1.35 bits per heavy atom. The molecule has 0 radical (unpaired) electrons. The number of benzene rings is 1. The highest BCUT2D eigenvalue weighted by atomic mass is 19.4. The first-order valence-corrected chi connectivity index (χ1v) is 5.04. The van der Waals surface area contributed by atoms with Gasteiger partial charge in [0.2, 0.25) is 0 Å². The highest BCUT2D eigenvalue weighted by Gasteiger charge is 2.27. The summed E-state index contributed by atoms with van der Waals surface area (Å²) in [6, 6.07) is 3.05. The van der Waals surface area contributed by atoms with Gasteiger partial charge in [-0.1, -0.05) is 0 Å². The molecule has 1 atom stereocenters.